The molecule has 0 fully saturated rings. The Hall–Kier alpha value is -1.18. The summed E-state index contributed by atoms with van der Waals surface area (Å²) in [6, 6.07) is 5.04. The van der Waals surface area contributed by atoms with E-state index in [1.165, 1.54) is 13.2 Å². The molecule has 0 aromatic heterocycles. The first-order valence-electron chi connectivity index (χ1n) is 4.06. The van der Waals surface area contributed by atoms with Gasteiger partial charge in [0, 0.05) is 9.92 Å². The van der Waals surface area contributed by atoms with Crippen molar-refractivity contribution in [1.29, 1.82) is 5.26 Å². The number of carbonyl (C=O) groups is 1. The monoisotopic (exact) mass is 241 g/mol. The first-order valence-corrected chi connectivity index (χ1v) is 4.89. The van der Waals surface area contributed by atoms with Crippen LogP contribution in [0.15, 0.2) is 17.0 Å². The van der Waals surface area contributed by atoms with Gasteiger partial charge < -0.3 is 4.74 Å². The van der Waals surface area contributed by atoms with Crippen LogP contribution in [0.25, 0.3) is 0 Å². The third-order valence-electron chi connectivity index (χ3n) is 1.85. The molecular formula is C10H8ClNO2S. The molecule has 0 spiro atoms. The summed E-state index contributed by atoms with van der Waals surface area (Å²) in [4.78, 5) is 11.5. The van der Waals surface area contributed by atoms with E-state index in [-0.39, 0.29) is 12.4 Å². The van der Waals surface area contributed by atoms with Crippen LogP contribution in [0.4, 0.5) is 0 Å². The maximum atomic E-state index is 11.0. The number of thiol groups is 1. The number of esters is 1. The number of nitriles is 1. The second kappa shape index (κ2) is 5.06. The van der Waals surface area contributed by atoms with E-state index in [4.69, 9.17) is 16.9 Å². The molecule has 0 N–H and O–H groups in total. The molecule has 0 bridgehead atoms. The Bertz CT molecular complexity index is 440. The van der Waals surface area contributed by atoms with Gasteiger partial charge in [-0.05, 0) is 17.7 Å². The molecule has 0 amide bonds. The van der Waals surface area contributed by atoms with Gasteiger partial charge >= 0.3 is 5.97 Å². The van der Waals surface area contributed by atoms with E-state index in [1.807, 2.05) is 6.07 Å². The highest BCUT2D eigenvalue weighted by Crippen LogP contribution is 2.24. The third-order valence-corrected chi connectivity index (χ3v) is 2.57. The summed E-state index contributed by atoms with van der Waals surface area (Å²) in [6.07, 6.45) is 0.0780. The fraction of sp³-hybridized carbons (Fsp3) is 0.200. The number of ether oxygens (including phenoxy) is 1. The van der Waals surface area contributed by atoms with Crippen molar-refractivity contribution in [3.63, 3.8) is 0 Å². The molecule has 3 nitrogen and oxygen atoms in total. The lowest BCUT2D eigenvalue weighted by molar-refractivity contribution is -0.139. The van der Waals surface area contributed by atoms with E-state index in [0.29, 0.717) is 21.0 Å². The number of nitrogens with zero attached hydrogens (tertiary/aromatic N) is 1. The highest BCUT2D eigenvalue weighted by molar-refractivity contribution is 7.80. The molecule has 0 saturated carbocycles. The summed E-state index contributed by atoms with van der Waals surface area (Å²) in [5.41, 5.74) is 0.990. The minimum atomic E-state index is -0.380. The largest absolute Gasteiger partial charge is 0.469 e. The van der Waals surface area contributed by atoms with Crippen LogP contribution in [0.1, 0.15) is 11.1 Å². The summed E-state index contributed by atoms with van der Waals surface area (Å²) in [6.45, 7) is 0. The molecule has 0 aliphatic carbocycles. The average molecular weight is 242 g/mol. The third kappa shape index (κ3) is 2.88. The molecule has 0 saturated heterocycles. The number of rotatable bonds is 2. The molecule has 1 rings (SSSR count). The van der Waals surface area contributed by atoms with E-state index in [0.717, 1.165) is 0 Å². The highest BCUT2D eigenvalue weighted by Gasteiger charge is 2.10. The van der Waals surface area contributed by atoms with Gasteiger partial charge in [0.15, 0.2) is 0 Å². The van der Waals surface area contributed by atoms with Crippen molar-refractivity contribution < 1.29 is 9.53 Å². The maximum absolute atomic E-state index is 11.0. The SMILES string of the molecule is COC(=O)Cc1cc(S)c(C#N)cc1Cl. The second-order valence-electron chi connectivity index (χ2n) is 2.83. The first kappa shape index (κ1) is 11.9. The summed E-state index contributed by atoms with van der Waals surface area (Å²) < 4.78 is 4.52. The number of methoxy groups -OCH3 is 1. The van der Waals surface area contributed by atoms with Gasteiger partial charge in [-0.3, -0.25) is 4.79 Å². The topological polar surface area (TPSA) is 50.1 Å². The van der Waals surface area contributed by atoms with Gasteiger partial charge in [-0.1, -0.05) is 11.6 Å². The maximum Gasteiger partial charge on any atom is 0.310 e. The summed E-state index contributed by atoms with van der Waals surface area (Å²) >= 11 is 10.0. The first-order chi connectivity index (χ1) is 7.08. The molecule has 1 aromatic rings. The Balaban J connectivity index is 3.06. The van der Waals surface area contributed by atoms with Crippen LogP contribution < -0.4 is 0 Å². The van der Waals surface area contributed by atoms with E-state index in [1.54, 1.807) is 6.07 Å². The molecular weight excluding hydrogens is 234 g/mol. The smallest absolute Gasteiger partial charge is 0.310 e. The van der Waals surface area contributed by atoms with Crippen molar-refractivity contribution in [2.45, 2.75) is 11.3 Å². The number of hydrogen-bond acceptors (Lipinski definition) is 4. The van der Waals surface area contributed by atoms with Crippen LogP contribution in [0.3, 0.4) is 0 Å². The molecule has 0 radical (unpaired) electrons. The fourth-order valence-corrected chi connectivity index (χ4v) is 1.56. The Labute approximate surface area is 98.0 Å². The zero-order valence-electron chi connectivity index (χ0n) is 7.95. The average Bonchev–Trinajstić information content (AvgIpc) is 2.22. The molecule has 0 unspecified atom stereocenters. The lowest BCUT2D eigenvalue weighted by Crippen LogP contribution is -2.05. The summed E-state index contributed by atoms with van der Waals surface area (Å²) in [5.74, 6) is -0.380. The van der Waals surface area contributed by atoms with Gasteiger partial charge in [0.1, 0.15) is 6.07 Å². The molecule has 5 heteroatoms. The predicted molar refractivity (Wildman–Crippen MR) is 59.1 cm³/mol. The van der Waals surface area contributed by atoms with Gasteiger partial charge in [0.25, 0.3) is 0 Å². The quantitative estimate of drug-likeness (QED) is 0.638. The predicted octanol–water partition coefficient (Wildman–Crippen LogP) is 2.22. The lowest BCUT2D eigenvalue weighted by Gasteiger charge is -2.05. The Morgan fingerprint density at radius 3 is 2.87 bits per heavy atom. The number of benzene rings is 1. The minimum Gasteiger partial charge on any atom is -0.469 e. The normalized spacial score (nSPS) is 9.47. The Morgan fingerprint density at radius 2 is 2.33 bits per heavy atom. The van der Waals surface area contributed by atoms with Gasteiger partial charge in [0.2, 0.25) is 0 Å². The minimum absolute atomic E-state index is 0.0780. The van der Waals surface area contributed by atoms with Crippen molar-refractivity contribution in [3.05, 3.63) is 28.3 Å². The van der Waals surface area contributed by atoms with Crippen molar-refractivity contribution in [2.75, 3.05) is 7.11 Å². The van der Waals surface area contributed by atoms with E-state index >= 15 is 0 Å². The van der Waals surface area contributed by atoms with Crippen LogP contribution in [-0.2, 0) is 16.0 Å². The van der Waals surface area contributed by atoms with Crippen molar-refractivity contribution in [1.82, 2.24) is 0 Å². The van der Waals surface area contributed by atoms with Gasteiger partial charge in [-0.15, -0.1) is 12.6 Å². The van der Waals surface area contributed by atoms with Gasteiger partial charge in [0.05, 0.1) is 19.1 Å². The standard InChI is InChI=1S/C10H8ClNO2S/c1-14-10(13)4-6-3-9(15)7(5-12)2-8(6)11/h2-3,15H,4H2,1H3. The molecule has 0 aliphatic heterocycles. The van der Waals surface area contributed by atoms with Crippen molar-refractivity contribution >= 4 is 30.2 Å². The molecule has 0 heterocycles. The van der Waals surface area contributed by atoms with Gasteiger partial charge in [-0.2, -0.15) is 5.26 Å². The zero-order chi connectivity index (χ0) is 11.4. The molecule has 78 valence electrons. The van der Waals surface area contributed by atoms with Crippen LogP contribution in [-0.4, -0.2) is 13.1 Å². The van der Waals surface area contributed by atoms with E-state index in [9.17, 15) is 4.79 Å². The Morgan fingerprint density at radius 1 is 1.67 bits per heavy atom. The van der Waals surface area contributed by atoms with Crippen LogP contribution >= 0.6 is 24.2 Å². The lowest BCUT2D eigenvalue weighted by atomic mass is 10.1. The number of halogens is 1. The molecule has 1 aromatic carbocycles. The molecule has 15 heavy (non-hydrogen) atoms. The summed E-state index contributed by atoms with van der Waals surface area (Å²) in [5, 5.41) is 9.08. The van der Waals surface area contributed by atoms with Crippen molar-refractivity contribution in [3.8, 4) is 6.07 Å². The van der Waals surface area contributed by atoms with E-state index < -0.39 is 0 Å². The van der Waals surface area contributed by atoms with Crippen LogP contribution in [0.2, 0.25) is 5.02 Å². The highest BCUT2D eigenvalue weighted by atomic mass is 35.5. The zero-order valence-corrected chi connectivity index (χ0v) is 9.60. The van der Waals surface area contributed by atoms with Gasteiger partial charge in [-0.25, -0.2) is 0 Å². The Kier molecular flexibility index (Phi) is 4.01. The molecule has 0 atom stereocenters. The molecule has 0 aliphatic rings. The fourth-order valence-electron chi connectivity index (χ4n) is 1.06. The van der Waals surface area contributed by atoms with Crippen LogP contribution in [0.5, 0.6) is 0 Å². The summed E-state index contributed by atoms with van der Waals surface area (Å²) in [7, 11) is 1.31. The van der Waals surface area contributed by atoms with Crippen LogP contribution in [0, 0.1) is 11.3 Å². The second-order valence-corrected chi connectivity index (χ2v) is 3.71. The number of carbonyl (C=O) groups excluding carboxylic acids is 1. The van der Waals surface area contributed by atoms with Crippen molar-refractivity contribution in [2.24, 2.45) is 0 Å². The number of hydrogen-bond donors (Lipinski definition) is 1. The van der Waals surface area contributed by atoms with E-state index in [2.05, 4.69) is 17.4 Å².